The van der Waals surface area contributed by atoms with Crippen molar-refractivity contribution >= 4 is 23.0 Å². The molecule has 0 aliphatic carbocycles. The molecule has 13 heavy (non-hydrogen) atoms. The van der Waals surface area contributed by atoms with Gasteiger partial charge in [-0.05, 0) is 0 Å². The minimum atomic E-state index is 0.629. The van der Waals surface area contributed by atoms with Crippen molar-refractivity contribution in [2.45, 2.75) is 0 Å². The summed E-state index contributed by atoms with van der Waals surface area (Å²) in [7, 11) is 5.43. The number of nitrogens with one attached hydrogen (secondary N) is 3. The number of hydrogen-bond donors (Lipinski definition) is 4. The molecule has 0 unspecified atom stereocenters. The van der Waals surface area contributed by atoms with Gasteiger partial charge in [0.1, 0.15) is 5.82 Å². The number of nitrogens with two attached hydrogens (primary N) is 1. The molecule has 1 aromatic rings. The van der Waals surface area contributed by atoms with Gasteiger partial charge in [-0.2, -0.15) is 0 Å². The molecular formula is C8H15N5. The maximum absolute atomic E-state index is 5.81. The van der Waals surface area contributed by atoms with E-state index in [1.807, 2.05) is 20.2 Å². The summed E-state index contributed by atoms with van der Waals surface area (Å²) in [5.74, 6) is 1.46. The van der Waals surface area contributed by atoms with Crippen LogP contribution in [0.25, 0.3) is 0 Å². The number of nitrogen functional groups attached to an aromatic ring is 1. The molecule has 0 saturated carbocycles. The molecule has 1 heterocycles. The highest BCUT2D eigenvalue weighted by Crippen LogP contribution is 2.27. The number of anilines is 4. The van der Waals surface area contributed by atoms with E-state index in [-0.39, 0.29) is 0 Å². The second-order valence-electron chi connectivity index (χ2n) is 2.57. The van der Waals surface area contributed by atoms with Gasteiger partial charge in [-0.15, -0.1) is 0 Å². The molecule has 72 valence electrons. The lowest BCUT2D eigenvalue weighted by Crippen LogP contribution is -2.05. The molecule has 0 aliphatic heterocycles. The molecule has 5 nitrogen and oxygen atoms in total. The molecule has 0 atom stereocenters. The highest BCUT2D eigenvalue weighted by atomic mass is 15.1. The fourth-order valence-electron chi connectivity index (χ4n) is 1.08. The first kappa shape index (κ1) is 9.44. The Morgan fingerprint density at radius 3 is 2.31 bits per heavy atom. The van der Waals surface area contributed by atoms with E-state index in [1.54, 1.807) is 7.05 Å². The Morgan fingerprint density at radius 2 is 1.85 bits per heavy atom. The van der Waals surface area contributed by atoms with Crippen molar-refractivity contribution in [1.82, 2.24) is 4.98 Å². The summed E-state index contributed by atoms with van der Waals surface area (Å²) < 4.78 is 0. The summed E-state index contributed by atoms with van der Waals surface area (Å²) in [5.41, 5.74) is 7.31. The first-order chi connectivity index (χ1) is 6.22. The first-order valence-electron chi connectivity index (χ1n) is 4.06. The van der Waals surface area contributed by atoms with Gasteiger partial charge in [-0.25, -0.2) is 4.98 Å². The highest BCUT2D eigenvalue weighted by molar-refractivity contribution is 5.80. The van der Waals surface area contributed by atoms with E-state index in [2.05, 4.69) is 20.9 Å². The van der Waals surface area contributed by atoms with Gasteiger partial charge in [0, 0.05) is 27.2 Å². The molecule has 0 amide bonds. The number of aromatic nitrogens is 1. The molecule has 1 rings (SSSR count). The Hall–Kier alpha value is -1.65. The molecule has 1 aromatic heterocycles. The van der Waals surface area contributed by atoms with E-state index in [1.165, 1.54) is 0 Å². The van der Waals surface area contributed by atoms with Gasteiger partial charge in [0.2, 0.25) is 0 Å². The largest absolute Gasteiger partial charge is 0.394 e. The maximum Gasteiger partial charge on any atom is 0.153 e. The number of pyridine rings is 1. The van der Waals surface area contributed by atoms with Crippen molar-refractivity contribution in [3.63, 3.8) is 0 Å². The summed E-state index contributed by atoms with van der Waals surface area (Å²) in [4.78, 5) is 4.23. The minimum Gasteiger partial charge on any atom is -0.394 e. The minimum absolute atomic E-state index is 0.629. The lowest BCUT2D eigenvalue weighted by molar-refractivity contribution is 1.26. The molecule has 0 fully saturated rings. The number of nitrogens with zero attached hydrogens (tertiary/aromatic N) is 1. The Balaban J connectivity index is 3.20. The fraction of sp³-hybridized carbons (Fsp3) is 0.375. The molecule has 0 aromatic carbocycles. The summed E-state index contributed by atoms with van der Waals surface area (Å²) in [6.07, 6.45) is 0. The zero-order chi connectivity index (χ0) is 9.84. The average molecular weight is 181 g/mol. The van der Waals surface area contributed by atoms with E-state index < -0.39 is 0 Å². The predicted octanol–water partition coefficient (Wildman–Crippen LogP) is 0.789. The number of hydrogen-bond acceptors (Lipinski definition) is 5. The van der Waals surface area contributed by atoms with Crippen LogP contribution in [0.4, 0.5) is 23.0 Å². The molecule has 5 heteroatoms. The van der Waals surface area contributed by atoms with Crippen molar-refractivity contribution in [3.05, 3.63) is 6.07 Å². The van der Waals surface area contributed by atoms with Gasteiger partial charge < -0.3 is 21.7 Å². The van der Waals surface area contributed by atoms with Crippen LogP contribution in [0.3, 0.4) is 0 Å². The SMILES string of the molecule is CNc1cc(NC)c(N)c(NC)n1. The van der Waals surface area contributed by atoms with Crippen LogP contribution in [0.5, 0.6) is 0 Å². The quantitative estimate of drug-likeness (QED) is 0.554. The summed E-state index contributed by atoms with van der Waals surface area (Å²) >= 11 is 0. The topological polar surface area (TPSA) is 75.0 Å². The van der Waals surface area contributed by atoms with E-state index in [0.717, 1.165) is 11.5 Å². The standard InChI is InChI=1S/C8H15N5/c1-10-5-4-6(11-2)13-8(12-3)7(5)9/h4H,9H2,1-3H3,(H3,10,11,12,13). The van der Waals surface area contributed by atoms with Gasteiger partial charge >= 0.3 is 0 Å². The van der Waals surface area contributed by atoms with Crippen LogP contribution in [0.15, 0.2) is 6.07 Å². The van der Waals surface area contributed by atoms with Crippen LogP contribution < -0.4 is 21.7 Å². The van der Waals surface area contributed by atoms with Gasteiger partial charge in [-0.3, -0.25) is 0 Å². The van der Waals surface area contributed by atoms with Crippen LogP contribution >= 0.6 is 0 Å². The molecule has 5 N–H and O–H groups in total. The van der Waals surface area contributed by atoms with Crippen LogP contribution in [-0.2, 0) is 0 Å². The normalized spacial score (nSPS) is 9.46. The fourth-order valence-corrected chi connectivity index (χ4v) is 1.08. The Labute approximate surface area is 77.7 Å². The Bertz CT molecular complexity index is 272. The third-order valence-corrected chi connectivity index (χ3v) is 1.82. The molecule has 0 radical (unpaired) electrons. The third-order valence-electron chi connectivity index (χ3n) is 1.82. The van der Waals surface area contributed by atoms with E-state index >= 15 is 0 Å². The van der Waals surface area contributed by atoms with Gasteiger partial charge in [0.25, 0.3) is 0 Å². The monoisotopic (exact) mass is 181 g/mol. The van der Waals surface area contributed by atoms with Gasteiger partial charge in [-0.1, -0.05) is 0 Å². The third kappa shape index (κ3) is 1.74. The predicted molar refractivity (Wildman–Crippen MR) is 57.3 cm³/mol. The van der Waals surface area contributed by atoms with E-state index in [9.17, 15) is 0 Å². The van der Waals surface area contributed by atoms with Crippen LogP contribution in [-0.4, -0.2) is 26.1 Å². The van der Waals surface area contributed by atoms with Crippen LogP contribution in [0.2, 0.25) is 0 Å². The lowest BCUT2D eigenvalue weighted by atomic mass is 10.3. The zero-order valence-electron chi connectivity index (χ0n) is 8.10. The smallest absolute Gasteiger partial charge is 0.153 e. The lowest BCUT2D eigenvalue weighted by Gasteiger charge is -2.11. The van der Waals surface area contributed by atoms with Crippen LogP contribution in [0.1, 0.15) is 0 Å². The Kier molecular flexibility index (Phi) is 2.79. The highest BCUT2D eigenvalue weighted by Gasteiger charge is 2.06. The second kappa shape index (κ2) is 3.84. The average Bonchev–Trinajstić information content (AvgIpc) is 2.18. The molecule has 0 saturated heterocycles. The molecule has 0 bridgehead atoms. The van der Waals surface area contributed by atoms with Crippen molar-refractivity contribution in [2.75, 3.05) is 42.8 Å². The molecular weight excluding hydrogens is 166 g/mol. The van der Waals surface area contributed by atoms with Crippen LogP contribution in [0, 0.1) is 0 Å². The second-order valence-corrected chi connectivity index (χ2v) is 2.57. The maximum atomic E-state index is 5.81. The van der Waals surface area contributed by atoms with E-state index in [4.69, 9.17) is 5.73 Å². The zero-order valence-corrected chi connectivity index (χ0v) is 8.10. The van der Waals surface area contributed by atoms with Gasteiger partial charge in [0.05, 0.1) is 11.4 Å². The Morgan fingerprint density at radius 1 is 1.15 bits per heavy atom. The van der Waals surface area contributed by atoms with Crippen molar-refractivity contribution in [3.8, 4) is 0 Å². The van der Waals surface area contributed by atoms with Crippen molar-refractivity contribution < 1.29 is 0 Å². The van der Waals surface area contributed by atoms with Crippen molar-refractivity contribution in [1.29, 1.82) is 0 Å². The summed E-state index contributed by atoms with van der Waals surface area (Å²) in [6, 6.07) is 1.86. The summed E-state index contributed by atoms with van der Waals surface area (Å²) in [6.45, 7) is 0. The first-order valence-corrected chi connectivity index (χ1v) is 4.06. The summed E-state index contributed by atoms with van der Waals surface area (Å²) in [5, 5.41) is 8.89. The van der Waals surface area contributed by atoms with Crippen molar-refractivity contribution in [2.24, 2.45) is 0 Å². The molecule has 0 aliphatic rings. The van der Waals surface area contributed by atoms with E-state index in [0.29, 0.717) is 11.5 Å². The molecule has 0 spiro atoms. The number of rotatable bonds is 3. The van der Waals surface area contributed by atoms with Gasteiger partial charge in [0.15, 0.2) is 5.82 Å².